The highest BCUT2D eigenvalue weighted by Crippen LogP contribution is 2.33. The number of hydrogen-bond acceptors (Lipinski definition) is 3. The monoisotopic (exact) mass is 542 g/mol. The number of likely N-dealkylation sites (tertiary alicyclic amines) is 1. The predicted octanol–water partition coefficient (Wildman–Crippen LogP) is 7.23. The highest BCUT2D eigenvalue weighted by atomic mass is 19.4. The molecule has 0 saturated carbocycles. The minimum absolute atomic E-state index is 0.154. The van der Waals surface area contributed by atoms with Crippen LogP contribution in [0.2, 0.25) is 0 Å². The summed E-state index contributed by atoms with van der Waals surface area (Å²) in [6.07, 6.45) is -4.33. The normalized spacial score (nSPS) is 16.5. The van der Waals surface area contributed by atoms with Gasteiger partial charge in [0, 0.05) is 30.8 Å². The number of nitrogens with one attached hydrogen (secondary N) is 1. The summed E-state index contributed by atoms with van der Waals surface area (Å²) in [6.45, 7) is 2.46. The molecule has 39 heavy (non-hydrogen) atoms. The van der Waals surface area contributed by atoms with E-state index in [2.05, 4.69) is 5.32 Å². The van der Waals surface area contributed by atoms with Crippen LogP contribution < -0.4 is 5.32 Å². The third-order valence-electron chi connectivity index (χ3n) is 7.07. The van der Waals surface area contributed by atoms with Crippen LogP contribution >= 0.6 is 0 Å². The van der Waals surface area contributed by atoms with Gasteiger partial charge in [-0.2, -0.15) is 13.2 Å². The molecule has 0 radical (unpaired) electrons. The predicted molar refractivity (Wildman–Crippen MR) is 141 cm³/mol. The highest BCUT2D eigenvalue weighted by Gasteiger charge is 2.30. The van der Waals surface area contributed by atoms with E-state index in [0.717, 1.165) is 16.7 Å². The van der Waals surface area contributed by atoms with Crippen molar-refractivity contribution in [3.05, 3.63) is 89.2 Å². The molecule has 206 valence electrons. The van der Waals surface area contributed by atoms with E-state index in [1.165, 1.54) is 17.0 Å². The Morgan fingerprint density at radius 2 is 1.69 bits per heavy atom. The summed E-state index contributed by atoms with van der Waals surface area (Å²) in [6, 6.07) is 17.3. The van der Waals surface area contributed by atoms with Crippen molar-refractivity contribution in [2.24, 2.45) is 5.92 Å². The number of aliphatic carboxylic acids is 1. The van der Waals surface area contributed by atoms with E-state index in [1.807, 2.05) is 19.1 Å². The zero-order chi connectivity index (χ0) is 28.2. The molecule has 2 atom stereocenters. The van der Waals surface area contributed by atoms with Crippen molar-refractivity contribution in [3.63, 3.8) is 0 Å². The molecule has 4 rings (SSSR count). The first-order valence-corrected chi connectivity index (χ1v) is 12.8. The minimum Gasteiger partial charge on any atom is -0.481 e. The number of aryl methyl sites for hydroxylation is 1. The first kappa shape index (κ1) is 28.1. The van der Waals surface area contributed by atoms with Crippen LogP contribution in [0.25, 0.3) is 11.1 Å². The Balaban J connectivity index is 1.52. The maximum atomic E-state index is 13.3. The molecule has 5 nitrogen and oxygen atoms in total. The average molecular weight is 543 g/mol. The fraction of sp³-hybridized carbons (Fsp3) is 0.333. The lowest BCUT2D eigenvalue weighted by atomic mass is 9.93. The van der Waals surface area contributed by atoms with E-state index in [9.17, 15) is 32.3 Å². The summed E-state index contributed by atoms with van der Waals surface area (Å²) in [5.74, 6) is -2.13. The Labute approximate surface area is 224 Å². The van der Waals surface area contributed by atoms with Gasteiger partial charge in [0.2, 0.25) is 0 Å². The molecule has 3 aromatic rings. The van der Waals surface area contributed by atoms with Crippen LogP contribution in [0.5, 0.6) is 0 Å². The number of carboxylic acid groups (broad SMARTS) is 1. The molecule has 3 aromatic carbocycles. The number of benzene rings is 3. The summed E-state index contributed by atoms with van der Waals surface area (Å²) in [4.78, 5) is 25.8. The zero-order valence-electron chi connectivity index (χ0n) is 21.5. The topological polar surface area (TPSA) is 69.6 Å². The molecule has 0 bridgehead atoms. The number of carbonyl (C=O) groups excluding carboxylic acids is 1. The quantitative estimate of drug-likeness (QED) is 0.295. The molecule has 1 aliphatic rings. The van der Waals surface area contributed by atoms with Gasteiger partial charge >= 0.3 is 12.1 Å². The summed E-state index contributed by atoms with van der Waals surface area (Å²) in [5, 5.41) is 12.5. The summed E-state index contributed by atoms with van der Waals surface area (Å²) in [7, 11) is 0. The maximum absolute atomic E-state index is 13.3. The summed E-state index contributed by atoms with van der Waals surface area (Å²) >= 11 is 0. The van der Waals surface area contributed by atoms with E-state index < -0.39 is 30.5 Å². The van der Waals surface area contributed by atoms with Gasteiger partial charge in [-0.15, -0.1) is 0 Å². The second-order valence-electron chi connectivity index (χ2n) is 9.93. The molecule has 1 aliphatic heterocycles. The number of rotatable bonds is 8. The molecule has 1 saturated heterocycles. The van der Waals surface area contributed by atoms with Gasteiger partial charge in [0.1, 0.15) is 5.82 Å². The number of carbonyl (C=O) groups is 2. The SMILES string of the molecule is Cc1cc(-c2ccc(F)cc2)ccc1C(CCC(F)(F)F)Nc1ccc(C(=O)N2CCC[C@@H](C(=O)O)C2)cc1. The van der Waals surface area contributed by atoms with Crippen LogP contribution in [0.15, 0.2) is 66.7 Å². The molecule has 2 N–H and O–H groups in total. The minimum atomic E-state index is -4.32. The van der Waals surface area contributed by atoms with Gasteiger partial charge in [0.05, 0.1) is 12.0 Å². The lowest BCUT2D eigenvalue weighted by molar-refractivity contribution is -0.143. The number of anilines is 1. The number of halogens is 4. The van der Waals surface area contributed by atoms with Crippen molar-refractivity contribution in [2.45, 2.75) is 44.8 Å². The first-order valence-electron chi connectivity index (χ1n) is 12.8. The Kier molecular flexibility index (Phi) is 8.57. The summed E-state index contributed by atoms with van der Waals surface area (Å²) in [5.41, 5.74) is 4.08. The van der Waals surface area contributed by atoms with Crippen molar-refractivity contribution >= 4 is 17.6 Å². The lowest BCUT2D eigenvalue weighted by Gasteiger charge is -2.30. The third-order valence-corrected chi connectivity index (χ3v) is 7.07. The van der Waals surface area contributed by atoms with Crippen molar-refractivity contribution in [2.75, 3.05) is 18.4 Å². The van der Waals surface area contributed by atoms with Gasteiger partial charge in [-0.1, -0.05) is 30.3 Å². The number of piperidine rings is 1. The van der Waals surface area contributed by atoms with Crippen molar-refractivity contribution in [1.82, 2.24) is 4.90 Å². The van der Waals surface area contributed by atoms with Gasteiger partial charge in [-0.05, 0) is 84.8 Å². The second kappa shape index (κ2) is 11.9. The second-order valence-corrected chi connectivity index (χ2v) is 9.93. The van der Waals surface area contributed by atoms with Crippen LogP contribution in [0.3, 0.4) is 0 Å². The molecule has 1 unspecified atom stereocenters. The highest BCUT2D eigenvalue weighted by molar-refractivity contribution is 5.95. The Hall–Kier alpha value is -3.88. The lowest BCUT2D eigenvalue weighted by Crippen LogP contribution is -2.42. The molecule has 0 aromatic heterocycles. The number of alkyl halides is 3. The fourth-order valence-corrected chi connectivity index (χ4v) is 4.96. The van der Waals surface area contributed by atoms with Gasteiger partial charge in [-0.3, -0.25) is 9.59 Å². The van der Waals surface area contributed by atoms with Gasteiger partial charge in [0.25, 0.3) is 5.91 Å². The van der Waals surface area contributed by atoms with Crippen LogP contribution in [-0.4, -0.2) is 41.1 Å². The van der Waals surface area contributed by atoms with Crippen molar-refractivity contribution in [3.8, 4) is 11.1 Å². The standard InChI is InChI=1S/C30H30F4N2O3/c1-19-17-22(20-4-9-24(31)10-5-20)8-13-26(19)27(14-15-30(32,33)34)35-25-11-6-21(7-12-25)28(37)36-16-2-3-23(18-36)29(38)39/h4-13,17,23,27,35H,2-3,14-16,18H2,1H3,(H,38,39)/t23-,27?/m1/s1. The molecule has 9 heteroatoms. The van der Waals surface area contributed by atoms with Crippen LogP contribution in [0, 0.1) is 18.7 Å². The molecule has 1 heterocycles. The van der Waals surface area contributed by atoms with E-state index in [1.54, 1.807) is 42.5 Å². The van der Waals surface area contributed by atoms with E-state index in [0.29, 0.717) is 36.2 Å². The van der Waals surface area contributed by atoms with E-state index in [4.69, 9.17) is 0 Å². The van der Waals surface area contributed by atoms with Crippen LogP contribution in [0.1, 0.15) is 53.2 Å². The van der Waals surface area contributed by atoms with E-state index >= 15 is 0 Å². The molecular formula is C30H30F4N2O3. The Bertz CT molecular complexity index is 1310. The van der Waals surface area contributed by atoms with Crippen molar-refractivity contribution in [1.29, 1.82) is 0 Å². The molecule has 1 fully saturated rings. The van der Waals surface area contributed by atoms with Crippen molar-refractivity contribution < 1.29 is 32.3 Å². The maximum Gasteiger partial charge on any atom is 0.389 e. The first-order chi connectivity index (χ1) is 18.5. The van der Waals surface area contributed by atoms with E-state index in [-0.39, 0.29) is 24.7 Å². The fourth-order valence-electron chi connectivity index (χ4n) is 4.96. The Morgan fingerprint density at radius 1 is 1.03 bits per heavy atom. The molecular weight excluding hydrogens is 512 g/mol. The zero-order valence-corrected chi connectivity index (χ0v) is 21.5. The molecule has 0 aliphatic carbocycles. The van der Waals surface area contributed by atoms with Crippen LogP contribution in [0.4, 0.5) is 23.2 Å². The Morgan fingerprint density at radius 3 is 2.31 bits per heavy atom. The number of carboxylic acids is 1. The average Bonchev–Trinajstić information content (AvgIpc) is 2.91. The smallest absolute Gasteiger partial charge is 0.389 e. The van der Waals surface area contributed by atoms with Gasteiger partial charge in [0.15, 0.2) is 0 Å². The van der Waals surface area contributed by atoms with Gasteiger partial charge < -0.3 is 15.3 Å². The molecule has 0 spiro atoms. The number of hydrogen-bond donors (Lipinski definition) is 2. The van der Waals surface area contributed by atoms with Crippen LogP contribution in [-0.2, 0) is 4.79 Å². The largest absolute Gasteiger partial charge is 0.481 e. The number of nitrogens with zero attached hydrogens (tertiary/aromatic N) is 1. The van der Waals surface area contributed by atoms with Gasteiger partial charge in [-0.25, -0.2) is 4.39 Å². The summed E-state index contributed by atoms with van der Waals surface area (Å²) < 4.78 is 52.7. The number of amides is 1. The third kappa shape index (κ3) is 7.37. The molecule has 1 amide bonds.